The van der Waals surface area contributed by atoms with E-state index in [9.17, 15) is 26.4 Å². The van der Waals surface area contributed by atoms with Crippen molar-refractivity contribution < 1.29 is 31.2 Å². The van der Waals surface area contributed by atoms with Crippen molar-refractivity contribution in [3.63, 3.8) is 0 Å². The van der Waals surface area contributed by atoms with Crippen molar-refractivity contribution in [1.82, 2.24) is 9.97 Å². The normalized spacial score (nSPS) is 11.3. The van der Waals surface area contributed by atoms with E-state index in [-0.39, 0.29) is 34.4 Å². The molecule has 0 aliphatic heterocycles. The van der Waals surface area contributed by atoms with Crippen molar-refractivity contribution in [3.8, 4) is 27.7 Å². The highest BCUT2D eigenvalue weighted by molar-refractivity contribution is 7.89. The van der Waals surface area contributed by atoms with Crippen LogP contribution in [0.5, 0.6) is 5.19 Å². The average molecular weight is 860 g/mol. The topological polar surface area (TPSA) is 214 Å². The van der Waals surface area contributed by atoms with Gasteiger partial charge in [-0.2, -0.15) is 0 Å². The maximum absolute atomic E-state index is 12.3. The Kier molecular flexibility index (Phi) is 13.4. The fourth-order valence-corrected chi connectivity index (χ4v) is 8.29. The second-order valence-electron chi connectivity index (χ2n) is 11.6. The van der Waals surface area contributed by atoms with Crippen LogP contribution in [0.1, 0.15) is 16.1 Å². The molecular formula is C36H32Cl2N6O7S4. The van der Waals surface area contributed by atoms with E-state index in [2.05, 4.69) is 20.6 Å². The molecule has 286 valence electrons. The molecule has 0 aliphatic carbocycles. The van der Waals surface area contributed by atoms with Gasteiger partial charge in [0.1, 0.15) is 0 Å². The Bertz CT molecular complexity index is 2600. The summed E-state index contributed by atoms with van der Waals surface area (Å²) >= 11 is 14.8. The molecule has 0 saturated carbocycles. The van der Waals surface area contributed by atoms with E-state index < -0.39 is 20.0 Å². The maximum atomic E-state index is 12.3. The number of rotatable bonds is 11. The van der Waals surface area contributed by atoms with Gasteiger partial charge in [-0.3, -0.25) is 9.59 Å². The van der Waals surface area contributed by atoms with E-state index in [0.29, 0.717) is 60.3 Å². The number of nitrogens with two attached hydrogens (primary N) is 2. The molecule has 13 nitrogen and oxygen atoms in total. The number of primary sulfonamides is 2. The zero-order valence-corrected chi connectivity index (χ0v) is 33.7. The third-order valence-electron chi connectivity index (χ3n) is 7.59. The number of hydrogen-bond acceptors (Lipinski definition) is 11. The zero-order valence-electron chi connectivity index (χ0n) is 28.9. The quantitative estimate of drug-likeness (QED) is 0.107. The Hall–Kier alpha value is -4.72. The number of carbonyl (C=O) groups excluding carboxylic acids is 2. The van der Waals surface area contributed by atoms with Crippen LogP contribution in [0, 0.1) is 6.92 Å². The predicted octanol–water partition coefficient (Wildman–Crippen LogP) is 6.90. The molecule has 6 aromatic rings. The lowest BCUT2D eigenvalue weighted by Gasteiger charge is -2.11. The minimum absolute atomic E-state index is 0.0510. The van der Waals surface area contributed by atoms with Crippen LogP contribution in [0.3, 0.4) is 0 Å². The van der Waals surface area contributed by atoms with Gasteiger partial charge in [0.15, 0.2) is 0 Å². The number of aromatic nitrogens is 2. The van der Waals surface area contributed by atoms with E-state index in [1.807, 2.05) is 6.92 Å². The summed E-state index contributed by atoms with van der Waals surface area (Å²) in [7, 11) is -6.58. The lowest BCUT2D eigenvalue weighted by Crippen LogP contribution is -2.17. The average Bonchev–Trinajstić information content (AvgIpc) is 3.79. The standard InChI is InChI=1S/C18H16ClN3O4S2.C18H16ClN3O3S2/c1-26-18-22-15(10-27-18)13-7-6-12(9-16(13)28(20,24)25)21-17(23)8-11-4-2-3-5-14(11)19;1-11-21-16(10-26-11)14-7-6-13(9-17(14)27(20,24)25)22-18(23)8-12-4-2-3-5-15(12)19/h2-7,9-10H,8H2,1H3,(H,21,23)(H2,20,24,25);2-7,9-10H,8H2,1H3,(H,22,23)(H2,20,24,25). The van der Waals surface area contributed by atoms with Gasteiger partial charge in [-0.15, -0.1) is 11.3 Å². The fraction of sp³-hybridized carbons (Fsp3) is 0.111. The summed E-state index contributed by atoms with van der Waals surface area (Å²) in [5, 5.41) is 21.7. The van der Waals surface area contributed by atoms with Gasteiger partial charge in [-0.25, -0.2) is 37.1 Å². The third kappa shape index (κ3) is 11.2. The van der Waals surface area contributed by atoms with E-state index in [1.165, 1.54) is 41.9 Å². The van der Waals surface area contributed by atoms with Crippen molar-refractivity contribution in [2.24, 2.45) is 10.3 Å². The van der Waals surface area contributed by atoms with Gasteiger partial charge in [0.05, 0.1) is 46.1 Å². The molecule has 19 heteroatoms. The molecule has 6 rings (SSSR count). The molecule has 0 radical (unpaired) electrons. The van der Waals surface area contributed by atoms with E-state index >= 15 is 0 Å². The van der Waals surface area contributed by atoms with Crippen LogP contribution in [0.4, 0.5) is 11.4 Å². The van der Waals surface area contributed by atoms with Crippen LogP contribution < -0.4 is 25.6 Å². The Morgan fingerprint density at radius 3 is 1.51 bits per heavy atom. The second kappa shape index (κ2) is 17.8. The predicted molar refractivity (Wildman–Crippen MR) is 217 cm³/mol. The molecule has 0 bridgehead atoms. The Labute approximate surface area is 335 Å². The minimum Gasteiger partial charge on any atom is -0.473 e. The summed E-state index contributed by atoms with van der Waals surface area (Å²) in [6, 6.07) is 23.0. The molecule has 6 N–H and O–H groups in total. The third-order valence-corrected chi connectivity index (χ3v) is 11.8. The monoisotopic (exact) mass is 858 g/mol. The number of aryl methyl sites for hydroxylation is 1. The summed E-state index contributed by atoms with van der Waals surface area (Å²) in [5.74, 6) is -0.655. The van der Waals surface area contributed by atoms with Crippen molar-refractivity contribution >= 4 is 89.1 Å². The fourth-order valence-electron chi connectivity index (χ4n) is 5.10. The number of nitrogens with zero attached hydrogens (tertiary/aromatic N) is 2. The van der Waals surface area contributed by atoms with Crippen LogP contribution in [-0.4, -0.2) is 45.7 Å². The lowest BCUT2D eigenvalue weighted by molar-refractivity contribution is -0.116. The van der Waals surface area contributed by atoms with Crippen LogP contribution in [0.25, 0.3) is 22.5 Å². The molecule has 0 spiro atoms. The highest BCUT2D eigenvalue weighted by Crippen LogP contribution is 2.33. The molecule has 4 aromatic carbocycles. The number of benzene rings is 4. The van der Waals surface area contributed by atoms with Crippen LogP contribution in [-0.2, 0) is 42.5 Å². The first-order valence-electron chi connectivity index (χ1n) is 15.8. The molecule has 0 fully saturated rings. The van der Waals surface area contributed by atoms with Crippen molar-refractivity contribution in [2.75, 3.05) is 17.7 Å². The summed E-state index contributed by atoms with van der Waals surface area (Å²) in [6.45, 7) is 1.83. The first-order chi connectivity index (χ1) is 26.0. The number of amides is 2. The Morgan fingerprint density at radius 2 is 1.13 bits per heavy atom. The van der Waals surface area contributed by atoms with Crippen LogP contribution in [0.2, 0.25) is 10.0 Å². The van der Waals surface area contributed by atoms with Crippen molar-refractivity contribution in [1.29, 1.82) is 0 Å². The summed E-state index contributed by atoms with van der Waals surface area (Å²) in [4.78, 5) is 32.9. The molecule has 0 atom stereocenters. The molecule has 2 heterocycles. The highest BCUT2D eigenvalue weighted by atomic mass is 35.5. The summed E-state index contributed by atoms with van der Waals surface area (Å²) in [5.41, 5.74) is 3.63. The zero-order chi connectivity index (χ0) is 39.9. The maximum Gasteiger partial charge on any atom is 0.273 e. The number of hydrogen-bond donors (Lipinski definition) is 4. The van der Waals surface area contributed by atoms with Crippen LogP contribution in [0.15, 0.2) is 105 Å². The molecule has 0 aliphatic rings. The molecule has 0 saturated heterocycles. The van der Waals surface area contributed by atoms with Gasteiger partial charge in [0.2, 0.25) is 31.9 Å². The largest absolute Gasteiger partial charge is 0.473 e. The summed E-state index contributed by atoms with van der Waals surface area (Å²) in [6.07, 6.45) is 0.118. The number of anilines is 2. The second-order valence-corrected chi connectivity index (χ2v) is 17.4. The number of nitrogens with one attached hydrogen (secondary N) is 2. The van der Waals surface area contributed by atoms with Crippen molar-refractivity contribution in [2.45, 2.75) is 29.6 Å². The van der Waals surface area contributed by atoms with Gasteiger partial charge in [-0.05, 0) is 66.6 Å². The highest BCUT2D eigenvalue weighted by Gasteiger charge is 2.21. The molecule has 2 aromatic heterocycles. The van der Waals surface area contributed by atoms with Crippen LogP contribution >= 0.6 is 45.9 Å². The van der Waals surface area contributed by atoms with Gasteiger partial charge in [-0.1, -0.05) is 70.9 Å². The van der Waals surface area contributed by atoms with Gasteiger partial charge in [0, 0.05) is 43.3 Å². The molecule has 0 unspecified atom stereocenters. The number of halogens is 2. The number of carbonyl (C=O) groups is 2. The molecular weight excluding hydrogens is 828 g/mol. The van der Waals surface area contributed by atoms with Gasteiger partial charge in [0.25, 0.3) is 5.19 Å². The first kappa shape index (κ1) is 41.4. The molecule has 2 amide bonds. The lowest BCUT2D eigenvalue weighted by atomic mass is 10.1. The number of thiazole rings is 2. The summed E-state index contributed by atoms with van der Waals surface area (Å²) < 4.78 is 53.2. The minimum atomic E-state index is -4.05. The number of sulfonamides is 2. The van der Waals surface area contributed by atoms with Gasteiger partial charge < -0.3 is 15.4 Å². The van der Waals surface area contributed by atoms with E-state index in [0.717, 1.165) is 5.01 Å². The first-order valence-corrected chi connectivity index (χ1v) is 21.4. The van der Waals surface area contributed by atoms with Crippen molar-refractivity contribution in [3.05, 3.63) is 122 Å². The SMILES string of the molecule is COc1nc(-c2ccc(NC(=O)Cc3ccccc3Cl)cc2S(N)(=O)=O)cs1.Cc1nc(-c2ccc(NC(=O)Cc3ccccc3Cl)cc2S(N)(=O)=O)cs1. The molecule has 55 heavy (non-hydrogen) atoms. The van der Waals surface area contributed by atoms with E-state index in [4.69, 9.17) is 38.2 Å². The number of methoxy groups -OCH3 is 1. The smallest absolute Gasteiger partial charge is 0.273 e. The van der Waals surface area contributed by atoms with Gasteiger partial charge >= 0.3 is 0 Å². The Morgan fingerprint density at radius 1 is 0.691 bits per heavy atom. The van der Waals surface area contributed by atoms with E-state index in [1.54, 1.807) is 83.6 Å². The Balaban J connectivity index is 0.000000211. The number of ether oxygens (including phenoxy) is 1.